The highest BCUT2D eigenvalue weighted by atomic mass is 32.2. The van der Waals surface area contributed by atoms with Gasteiger partial charge in [-0.05, 0) is 43.7 Å². The molecule has 0 atom stereocenters. The zero-order chi connectivity index (χ0) is 14.8. The van der Waals surface area contributed by atoms with Crippen molar-refractivity contribution in [2.75, 3.05) is 18.8 Å². The second-order valence-corrected chi connectivity index (χ2v) is 7.98. The van der Waals surface area contributed by atoms with Gasteiger partial charge in [0.05, 0.1) is 10.6 Å². The zero-order valence-corrected chi connectivity index (χ0v) is 13.4. The average molecular weight is 316 g/mol. The smallest absolute Gasteiger partial charge is 0.264 e. The van der Waals surface area contributed by atoms with Crippen LogP contribution in [0.3, 0.4) is 0 Å². The molecule has 0 bridgehead atoms. The van der Waals surface area contributed by atoms with Gasteiger partial charge in [-0.2, -0.15) is 0 Å². The summed E-state index contributed by atoms with van der Waals surface area (Å²) >= 11 is 1.46. The maximum Gasteiger partial charge on any atom is 0.264 e. The Morgan fingerprint density at radius 2 is 2.10 bits per heavy atom. The largest absolute Gasteiger partial charge is 0.338 e. The number of nitrogens with one attached hydrogen (secondary N) is 1. The van der Waals surface area contributed by atoms with E-state index in [1.54, 1.807) is 6.92 Å². The third kappa shape index (κ3) is 3.59. The highest BCUT2D eigenvalue weighted by molar-refractivity contribution is 7.89. The maximum atomic E-state index is 12.3. The number of carbonyl (C=O) groups is 1. The van der Waals surface area contributed by atoms with Crippen LogP contribution in [-0.4, -0.2) is 44.1 Å². The van der Waals surface area contributed by atoms with Crippen LogP contribution in [0.5, 0.6) is 0 Å². The van der Waals surface area contributed by atoms with Gasteiger partial charge in [-0.3, -0.25) is 4.79 Å². The minimum absolute atomic E-state index is 0.0477. The van der Waals surface area contributed by atoms with Crippen LogP contribution in [-0.2, 0) is 10.0 Å². The summed E-state index contributed by atoms with van der Waals surface area (Å²) in [4.78, 5) is 14.9. The summed E-state index contributed by atoms with van der Waals surface area (Å²) in [5, 5.41) is 1.92. The number of rotatable bonds is 4. The third-order valence-electron chi connectivity index (χ3n) is 3.56. The molecule has 0 aliphatic carbocycles. The predicted octanol–water partition coefficient (Wildman–Crippen LogP) is 1.60. The molecule has 0 radical (unpaired) electrons. The molecule has 0 unspecified atom stereocenters. The Bertz CT molecular complexity index is 572. The number of aryl methyl sites for hydroxylation is 1. The van der Waals surface area contributed by atoms with Gasteiger partial charge in [0.2, 0.25) is 10.0 Å². The number of carbonyl (C=O) groups excluding carboxylic acids is 1. The topological polar surface area (TPSA) is 66.5 Å². The Balaban J connectivity index is 1.92. The molecule has 20 heavy (non-hydrogen) atoms. The van der Waals surface area contributed by atoms with E-state index in [-0.39, 0.29) is 17.7 Å². The van der Waals surface area contributed by atoms with Crippen LogP contribution in [0.4, 0.5) is 0 Å². The van der Waals surface area contributed by atoms with Crippen LogP contribution in [0.25, 0.3) is 0 Å². The molecule has 1 aliphatic heterocycles. The number of amides is 1. The first kappa shape index (κ1) is 15.5. The van der Waals surface area contributed by atoms with Crippen molar-refractivity contribution in [3.05, 3.63) is 21.9 Å². The predicted molar refractivity (Wildman–Crippen MR) is 80.6 cm³/mol. The van der Waals surface area contributed by atoms with Crippen LogP contribution in [0, 0.1) is 6.92 Å². The van der Waals surface area contributed by atoms with E-state index < -0.39 is 10.0 Å². The summed E-state index contributed by atoms with van der Waals surface area (Å²) in [7, 11) is -3.16. The molecule has 2 heterocycles. The summed E-state index contributed by atoms with van der Waals surface area (Å²) in [5.41, 5.74) is 1.01. The first-order chi connectivity index (χ1) is 9.43. The minimum atomic E-state index is -3.16. The highest BCUT2D eigenvalue weighted by Crippen LogP contribution is 2.20. The molecule has 1 amide bonds. The second kappa shape index (κ2) is 6.24. The van der Waals surface area contributed by atoms with Crippen molar-refractivity contribution in [1.29, 1.82) is 0 Å². The summed E-state index contributed by atoms with van der Waals surface area (Å²) < 4.78 is 25.7. The molecular weight excluding hydrogens is 296 g/mol. The van der Waals surface area contributed by atoms with Gasteiger partial charge in [-0.1, -0.05) is 0 Å². The highest BCUT2D eigenvalue weighted by Gasteiger charge is 2.26. The number of hydrogen-bond donors (Lipinski definition) is 1. The fourth-order valence-electron chi connectivity index (χ4n) is 2.27. The van der Waals surface area contributed by atoms with E-state index in [0.29, 0.717) is 25.9 Å². The van der Waals surface area contributed by atoms with E-state index in [1.165, 1.54) is 11.3 Å². The summed E-state index contributed by atoms with van der Waals surface area (Å²) in [6, 6.07) is 1.90. The average Bonchev–Trinajstić information content (AvgIpc) is 2.85. The molecule has 1 aromatic rings. The van der Waals surface area contributed by atoms with E-state index in [0.717, 1.165) is 10.4 Å². The van der Waals surface area contributed by atoms with Crippen molar-refractivity contribution in [1.82, 2.24) is 9.62 Å². The van der Waals surface area contributed by atoms with E-state index in [4.69, 9.17) is 0 Å². The summed E-state index contributed by atoms with van der Waals surface area (Å²) in [6.45, 7) is 4.77. The number of likely N-dealkylation sites (tertiary alicyclic amines) is 1. The molecule has 0 aromatic carbocycles. The number of nitrogens with zero attached hydrogens (tertiary/aromatic N) is 1. The van der Waals surface area contributed by atoms with E-state index in [2.05, 4.69) is 4.72 Å². The molecule has 0 spiro atoms. The van der Waals surface area contributed by atoms with Crippen LogP contribution in [0.15, 0.2) is 11.4 Å². The molecule has 5 nitrogen and oxygen atoms in total. The van der Waals surface area contributed by atoms with Gasteiger partial charge in [0.1, 0.15) is 0 Å². The fourth-order valence-corrected chi connectivity index (χ4v) is 4.08. The minimum Gasteiger partial charge on any atom is -0.338 e. The van der Waals surface area contributed by atoms with Crippen molar-refractivity contribution < 1.29 is 13.2 Å². The Morgan fingerprint density at radius 3 is 2.60 bits per heavy atom. The standard InChI is InChI=1S/C13H20N2O3S2/c1-3-20(17,18)14-11-4-7-15(8-5-11)13(16)12-10(2)6-9-19-12/h6,9,11,14H,3-5,7-8H2,1-2H3. The number of piperidine rings is 1. The molecule has 1 aliphatic rings. The van der Waals surface area contributed by atoms with Gasteiger partial charge in [-0.15, -0.1) is 11.3 Å². The van der Waals surface area contributed by atoms with Crippen molar-refractivity contribution in [2.24, 2.45) is 0 Å². The molecule has 2 rings (SSSR count). The van der Waals surface area contributed by atoms with Gasteiger partial charge in [0.25, 0.3) is 5.91 Å². The molecule has 7 heteroatoms. The Labute approximate surface area is 124 Å². The molecule has 1 saturated heterocycles. The van der Waals surface area contributed by atoms with Gasteiger partial charge >= 0.3 is 0 Å². The van der Waals surface area contributed by atoms with Gasteiger partial charge in [0, 0.05) is 19.1 Å². The quantitative estimate of drug-likeness (QED) is 0.917. The molecule has 1 aromatic heterocycles. The lowest BCUT2D eigenvalue weighted by Gasteiger charge is -2.32. The maximum absolute atomic E-state index is 12.3. The third-order valence-corrected chi connectivity index (χ3v) is 6.02. The zero-order valence-electron chi connectivity index (χ0n) is 11.8. The first-order valence-electron chi connectivity index (χ1n) is 6.76. The lowest BCUT2D eigenvalue weighted by Crippen LogP contribution is -2.46. The Hall–Kier alpha value is -0.920. The normalized spacial score (nSPS) is 17.4. The number of hydrogen-bond acceptors (Lipinski definition) is 4. The van der Waals surface area contributed by atoms with Crippen molar-refractivity contribution in [3.8, 4) is 0 Å². The van der Waals surface area contributed by atoms with Crippen LogP contribution in [0.1, 0.15) is 35.0 Å². The number of thiophene rings is 1. The van der Waals surface area contributed by atoms with Gasteiger partial charge < -0.3 is 4.90 Å². The SMILES string of the molecule is CCS(=O)(=O)NC1CCN(C(=O)c2sccc2C)CC1. The van der Waals surface area contributed by atoms with Crippen LogP contribution >= 0.6 is 11.3 Å². The van der Waals surface area contributed by atoms with Gasteiger partial charge in [-0.25, -0.2) is 13.1 Å². The van der Waals surface area contributed by atoms with Crippen LogP contribution < -0.4 is 4.72 Å². The molecule has 1 fully saturated rings. The lowest BCUT2D eigenvalue weighted by molar-refractivity contribution is 0.0715. The first-order valence-corrected chi connectivity index (χ1v) is 9.29. The van der Waals surface area contributed by atoms with E-state index >= 15 is 0 Å². The molecular formula is C13H20N2O3S2. The fraction of sp³-hybridized carbons (Fsp3) is 0.615. The number of sulfonamides is 1. The Kier molecular flexibility index (Phi) is 4.82. The molecule has 1 N–H and O–H groups in total. The molecule has 0 saturated carbocycles. The molecule has 112 valence electrons. The van der Waals surface area contributed by atoms with E-state index in [1.807, 2.05) is 23.3 Å². The summed E-state index contributed by atoms with van der Waals surface area (Å²) in [5.74, 6) is 0.162. The summed E-state index contributed by atoms with van der Waals surface area (Å²) in [6.07, 6.45) is 1.35. The monoisotopic (exact) mass is 316 g/mol. The van der Waals surface area contributed by atoms with E-state index in [9.17, 15) is 13.2 Å². The Morgan fingerprint density at radius 1 is 1.45 bits per heavy atom. The van der Waals surface area contributed by atoms with Crippen LogP contribution in [0.2, 0.25) is 0 Å². The van der Waals surface area contributed by atoms with Gasteiger partial charge in [0.15, 0.2) is 0 Å². The lowest BCUT2D eigenvalue weighted by atomic mass is 10.1. The second-order valence-electron chi connectivity index (χ2n) is 5.02. The van der Waals surface area contributed by atoms with Crippen molar-refractivity contribution in [2.45, 2.75) is 32.7 Å². The van der Waals surface area contributed by atoms with Crippen molar-refractivity contribution in [3.63, 3.8) is 0 Å². The van der Waals surface area contributed by atoms with Crippen molar-refractivity contribution >= 4 is 27.3 Å².